The van der Waals surface area contributed by atoms with Crippen LogP contribution in [0.25, 0.3) is 0 Å². The van der Waals surface area contributed by atoms with Crippen LogP contribution in [0.3, 0.4) is 0 Å². The van der Waals surface area contributed by atoms with Gasteiger partial charge in [-0.1, -0.05) is 42.5 Å². The fraction of sp³-hybridized carbons (Fsp3) is 0.208. The van der Waals surface area contributed by atoms with E-state index in [2.05, 4.69) is 5.32 Å². The van der Waals surface area contributed by atoms with Crippen LogP contribution in [0.4, 0.5) is 4.39 Å². The van der Waals surface area contributed by atoms with Gasteiger partial charge >= 0.3 is 0 Å². The molecule has 8 heteroatoms. The lowest BCUT2D eigenvalue weighted by Crippen LogP contribution is -2.52. The maximum atomic E-state index is 13.4. The molecule has 1 aliphatic heterocycles. The van der Waals surface area contributed by atoms with Crippen molar-refractivity contribution in [2.75, 3.05) is 7.11 Å². The predicted molar refractivity (Wildman–Crippen MR) is 118 cm³/mol. The standard InChI is InChI=1S/C24H23FN2O4S/c1-31-23-9-5-4-7-18(23)15-26-24(28)22-14-17-6-2-3-8-19(17)16-27(22)32(29,30)21-12-10-20(25)11-13-21/h2-13,22H,14-16H2,1H3,(H,26,28)/t22-/m1/s1. The maximum Gasteiger partial charge on any atom is 0.244 e. The van der Waals surface area contributed by atoms with Crippen molar-refractivity contribution in [3.63, 3.8) is 0 Å². The molecule has 166 valence electrons. The first-order valence-electron chi connectivity index (χ1n) is 10.1. The highest BCUT2D eigenvalue weighted by Crippen LogP contribution is 2.29. The normalized spacial score (nSPS) is 16.2. The van der Waals surface area contributed by atoms with Gasteiger partial charge in [0.25, 0.3) is 0 Å². The van der Waals surface area contributed by atoms with Gasteiger partial charge in [0.15, 0.2) is 0 Å². The van der Waals surface area contributed by atoms with Crippen LogP contribution in [0.5, 0.6) is 5.75 Å². The monoisotopic (exact) mass is 454 g/mol. The summed E-state index contributed by atoms with van der Waals surface area (Å²) >= 11 is 0. The average Bonchev–Trinajstić information content (AvgIpc) is 2.82. The lowest BCUT2D eigenvalue weighted by Gasteiger charge is -2.35. The number of halogens is 1. The fourth-order valence-electron chi connectivity index (χ4n) is 3.87. The van der Waals surface area contributed by atoms with Gasteiger partial charge in [-0.25, -0.2) is 12.8 Å². The first kappa shape index (κ1) is 22.0. The predicted octanol–water partition coefficient (Wildman–Crippen LogP) is 3.27. The Labute approximate surface area is 186 Å². The maximum absolute atomic E-state index is 13.4. The Bertz CT molecular complexity index is 1230. The number of benzene rings is 3. The SMILES string of the molecule is COc1ccccc1CNC(=O)[C@H]1Cc2ccccc2CN1S(=O)(=O)c1ccc(F)cc1. The number of hydrogen-bond acceptors (Lipinski definition) is 4. The average molecular weight is 455 g/mol. The van der Waals surface area contributed by atoms with Gasteiger partial charge in [-0.15, -0.1) is 0 Å². The molecule has 0 radical (unpaired) electrons. The van der Waals surface area contributed by atoms with E-state index in [1.54, 1.807) is 13.2 Å². The van der Waals surface area contributed by atoms with Crippen LogP contribution < -0.4 is 10.1 Å². The second-order valence-corrected chi connectivity index (χ2v) is 9.41. The second-order valence-electron chi connectivity index (χ2n) is 7.52. The van der Waals surface area contributed by atoms with Crippen molar-refractivity contribution in [1.29, 1.82) is 0 Å². The fourth-order valence-corrected chi connectivity index (χ4v) is 5.43. The van der Waals surface area contributed by atoms with Crippen LogP contribution in [0.15, 0.2) is 77.7 Å². The smallest absolute Gasteiger partial charge is 0.244 e. The number of para-hydroxylation sites is 1. The molecule has 1 atom stereocenters. The van der Waals surface area contributed by atoms with E-state index < -0.39 is 27.8 Å². The number of carbonyl (C=O) groups excluding carboxylic acids is 1. The van der Waals surface area contributed by atoms with E-state index in [4.69, 9.17) is 4.74 Å². The molecule has 0 bridgehead atoms. The summed E-state index contributed by atoms with van der Waals surface area (Å²) in [5, 5.41) is 2.85. The molecule has 32 heavy (non-hydrogen) atoms. The Hall–Kier alpha value is -3.23. The molecule has 4 rings (SSSR count). The number of ether oxygens (including phenoxy) is 1. The minimum absolute atomic E-state index is 0.0548. The Morgan fingerprint density at radius 1 is 1.03 bits per heavy atom. The summed E-state index contributed by atoms with van der Waals surface area (Å²) in [5.41, 5.74) is 2.55. The number of methoxy groups -OCH3 is 1. The molecule has 6 nitrogen and oxygen atoms in total. The molecule has 3 aromatic carbocycles. The van der Waals surface area contributed by atoms with Crippen molar-refractivity contribution in [2.45, 2.75) is 30.4 Å². The van der Waals surface area contributed by atoms with Gasteiger partial charge in [-0.05, 0) is 47.9 Å². The number of carbonyl (C=O) groups is 1. The van der Waals surface area contributed by atoms with Gasteiger partial charge in [-0.2, -0.15) is 4.31 Å². The molecule has 0 saturated carbocycles. The van der Waals surface area contributed by atoms with E-state index in [0.29, 0.717) is 5.75 Å². The highest BCUT2D eigenvalue weighted by atomic mass is 32.2. The van der Waals surface area contributed by atoms with E-state index in [9.17, 15) is 17.6 Å². The zero-order valence-corrected chi connectivity index (χ0v) is 18.3. The topological polar surface area (TPSA) is 75.7 Å². The molecular formula is C24H23FN2O4S. The molecule has 0 unspecified atom stereocenters. The van der Waals surface area contributed by atoms with Crippen LogP contribution >= 0.6 is 0 Å². The molecule has 0 saturated heterocycles. The Kier molecular flexibility index (Phi) is 6.25. The first-order chi connectivity index (χ1) is 15.4. The van der Waals surface area contributed by atoms with Crippen LogP contribution in [-0.4, -0.2) is 31.8 Å². The van der Waals surface area contributed by atoms with E-state index in [-0.39, 0.29) is 24.4 Å². The Morgan fingerprint density at radius 2 is 1.69 bits per heavy atom. The number of nitrogens with one attached hydrogen (secondary N) is 1. The van der Waals surface area contributed by atoms with Crippen molar-refractivity contribution in [2.24, 2.45) is 0 Å². The summed E-state index contributed by atoms with van der Waals surface area (Å²) in [5.74, 6) is -0.298. The number of fused-ring (bicyclic) bond motifs is 1. The molecular weight excluding hydrogens is 431 g/mol. The number of rotatable bonds is 6. The van der Waals surface area contributed by atoms with Gasteiger partial charge < -0.3 is 10.1 Å². The van der Waals surface area contributed by atoms with Gasteiger partial charge in [0.2, 0.25) is 15.9 Å². The highest BCUT2D eigenvalue weighted by molar-refractivity contribution is 7.89. The van der Waals surface area contributed by atoms with E-state index in [1.165, 1.54) is 16.4 Å². The minimum Gasteiger partial charge on any atom is -0.496 e. The molecule has 1 amide bonds. The van der Waals surface area contributed by atoms with Gasteiger partial charge in [0.1, 0.15) is 17.6 Å². The number of amides is 1. The van der Waals surface area contributed by atoms with Gasteiger partial charge in [0, 0.05) is 18.7 Å². The summed E-state index contributed by atoms with van der Waals surface area (Å²) in [6, 6.07) is 18.5. The van der Waals surface area contributed by atoms with Crippen molar-refractivity contribution in [3.05, 3.63) is 95.3 Å². The third kappa shape index (κ3) is 4.37. The van der Waals surface area contributed by atoms with Crippen LogP contribution in [0.2, 0.25) is 0 Å². The molecule has 0 aromatic heterocycles. The zero-order chi connectivity index (χ0) is 22.7. The Balaban J connectivity index is 1.64. The van der Waals surface area contributed by atoms with Crippen LogP contribution in [0.1, 0.15) is 16.7 Å². The van der Waals surface area contributed by atoms with Crippen molar-refractivity contribution in [1.82, 2.24) is 9.62 Å². The number of nitrogens with zero attached hydrogens (tertiary/aromatic N) is 1. The summed E-state index contributed by atoms with van der Waals surface area (Å²) in [7, 11) is -2.48. The first-order valence-corrected chi connectivity index (χ1v) is 11.6. The highest BCUT2D eigenvalue weighted by Gasteiger charge is 2.39. The third-order valence-electron chi connectivity index (χ3n) is 5.57. The molecule has 0 aliphatic carbocycles. The summed E-state index contributed by atoms with van der Waals surface area (Å²) in [4.78, 5) is 13.2. The van der Waals surface area contributed by atoms with E-state index in [0.717, 1.165) is 28.8 Å². The van der Waals surface area contributed by atoms with Crippen LogP contribution in [0, 0.1) is 5.82 Å². The molecule has 3 aromatic rings. The third-order valence-corrected chi connectivity index (χ3v) is 7.44. The molecule has 1 aliphatic rings. The number of hydrogen-bond donors (Lipinski definition) is 1. The van der Waals surface area contributed by atoms with Crippen LogP contribution in [-0.2, 0) is 34.3 Å². The minimum atomic E-state index is -4.03. The van der Waals surface area contributed by atoms with E-state index in [1.807, 2.05) is 42.5 Å². The summed E-state index contributed by atoms with van der Waals surface area (Å²) < 4.78 is 46.7. The summed E-state index contributed by atoms with van der Waals surface area (Å²) in [6.07, 6.45) is 0.244. The van der Waals surface area contributed by atoms with Crippen molar-refractivity contribution >= 4 is 15.9 Å². The van der Waals surface area contributed by atoms with Crippen molar-refractivity contribution in [3.8, 4) is 5.75 Å². The molecule has 1 heterocycles. The largest absolute Gasteiger partial charge is 0.496 e. The van der Waals surface area contributed by atoms with Gasteiger partial charge in [0.05, 0.1) is 12.0 Å². The van der Waals surface area contributed by atoms with Gasteiger partial charge in [-0.3, -0.25) is 4.79 Å². The number of sulfonamides is 1. The zero-order valence-electron chi connectivity index (χ0n) is 17.5. The van der Waals surface area contributed by atoms with Crippen molar-refractivity contribution < 1.29 is 22.3 Å². The lowest BCUT2D eigenvalue weighted by molar-refractivity contribution is -0.125. The molecule has 1 N–H and O–H groups in total. The Morgan fingerprint density at radius 3 is 2.41 bits per heavy atom. The van der Waals surface area contributed by atoms with E-state index >= 15 is 0 Å². The quantitative estimate of drug-likeness (QED) is 0.620. The second kappa shape index (κ2) is 9.10. The summed E-state index contributed by atoms with van der Waals surface area (Å²) in [6.45, 7) is 0.258. The molecule has 0 spiro atoms. The molecule has 0 fully saturated rings. The lowest BCUT2D eigenvalue weighted by atomic mass is 9.95.